The molecule has 0 aliphatic carbocycles. The van der Waals surface area contributed by atoms with Crippen LogP contribution in [-0.2, 0) is 0 Å². The Kier molecular flexibility index (Phi) is 5.02. The summed E-state index contributed by atoms with van der Waals surface area (Å²) in [6, 6.07) is 6.44. The van der Waals surface area contributed by atoms with Crippen LogP contribution in [0.4, 0.5) is 0 Å². The first-order valence-corrected chi connectivity index (χ1v) is 6.84. The molecule has 17 heavy (non-hydrogen) atoms. The van der Waals surface area contributed by atoms with Gasteiger partial charge in [0.05, 0.1) is 0 Å². The monoisotopic (exact) mass is 299 g/mol. The second-order valence-electron chi connectivity index (χ2n) is 4.91. The maximum absolute atomic E-state index is 6.10. The van der Waals surface area contributed by atoms with E-state index in [1.54, 1.807) is 0 Å². The van der Waals surface area contributed by atoms with Gasteiger partial charge in [0.15, 0.2) is 0 Å². The predicted octanol–water partition coefficient (Wildman–Crippen LogP) is 4.30. The van der Waals surface area contributed by atoms with Crippen LogP contribution in [0, 0.1) is 0 Å². The lowest BCUT2D eigenvalue weighted by Gasteiger charge is -2.27. The Hall–Kier alpha value is -0.540. The molecule has 3 heteroatoms. The lowest BCUT2D eigenvalue weighted by Crippen LogP contribution is -2.28. The molecule has 1 N–H and O–H groups in total. The van der Waals surface area contributed by atoms with Crippen LogP contribution >= 0.6 is 15.9 Å². The van der Waals surface area contributed by atoms with Crippen molar-refractivity contribution in [3.8, 4) is 5.75 Å². The first kappa shape index (κ1) is 14.5. The summed E-state index contributed by atoms with van der Waals surface area (Å²) in [7, 11) is 1.96. The highest BCUT2D eigenvalue weighted by atomic mass is 79.9. The standard InChI is InChI=1S/C14H22BrNO/c1-6-14(3,4)17-13-8-7-11(15)9-12(13)10(2)16-5/h7-10,16H,6H2,1-5H3. The molecule has 0 bridgehead atoms. The molecule has 1 atom stereocenters. The third kappa shape index (κ3) is 4.00. The Morgan fingerprint density at radius 3 is 2.59 bits per heavy atom. The Bertz CT molecular complexity index is 376. The average Bonchev–Trinajstić information content (AvgIpc) is 2.30. The molecule has 0 fully saturated rings. The van der Waals surface area contributed by atoms with Crippen LogP contribution in [0.15, 0.2) is 22.7 Å². The van der Waals surface area contributed by atoms with E-state index in [9.17, 15) is 0 Å². The Labute approximate surface area is 113 Å². The van der Waals surface area contributed by atoms with Crippen molar-refractivity contribution in [1.29, 1.82) is 0 Å². The summed E-state index contributed by atoms with van der Waals surface area (Å²) in [5, 5.41) is 3.25. The molecule has 0 aromatic heterocycles. The van der Waals surface area contributed by atoms with Gasteiger partial charge in [-0.05, 0) is 52.4 Å². The zero-order valence-electron chi connectivity index (χ0n) is 11.3. The van der Waals surface area contributed by atoms with E-state index in [0.717, 1.165) is 16.6 Å². The maximum Gasteiger partial charge on any atom is 0.124 e. The fourth-order valence-corrected chi connectivity index (χ4v) is 1.85. The lowest BCUT2D eigenvalue weighted by molar-refractivity contribution is 0.103. The van der Waals surface area contributed by atoms with Crippen molar-refractivity contribution in [2.75, 3.05) is 7.05 Å². The molecule has 0 aliphatic heterocycles. The average molecular weight is 300 g/mol. The van der Waals surface area contributed by atoms with E-state index >= 15 is 0 Å². The van der Waals surface area contributed by atoms with Crippen LogP contribution in [0.25, 0.3) is 0 Å². The number of rotatable bonds is 5. The summed E-state index contributed by atoms with van der Waals surface area (Å²) in [6.07, 6.45) is 0.983. The molecule has 0 heterocycles. The predicted molar refractivity (Wildman–Crippen MR) is 76.6 cm³/mol. The minimum atomic E-state index is -0.129. The molecule has 96 valence electrons. The van der Waals surface area contributed by atoms with Gasteiger partial charge in [0, 0.05) is 16.1 Å². The third-order valence-corrected chi connectivity index (χ3v) is 3.60. The quantitative estimate of drug-likeness (QED) is 0.875. The number of halogens is 1. The summed E-state index contributed by atoms with van der Waals surface area (Å²) in [5.74, 6) is 0.960. The van der Waals surface area contributed by atoms with E-state index in [4.69, 9.17) is 4.74 Å². The molecule has 0 radical (unpaired) electrons. The van der Waals surface area contributed by atoms with Gasteiger partial charge in [-0.15, -0.1) is 0 Å². The van der Waals surface area contributed by atoms with Crippen molar-refractivity contribution < 1.29 is 4.74 Å². The number of nitrogens with one attached hydrogen (secondary N) is 1. The Morgan fingerprint density at radius 1 is 1.41 bits per heavy atom. The van der Waals surface area contributed by atoms with E-state index in [0.29, 0.717) is 0 Å². The molecule has 1 unspecified atom stereocenters. The summed E-state index contributed by atoms with van der Waals surface area (Å²) >= 11 is 3.51. The van der Waals surface area contributed by atoms with Gasteiger partial charge in [0.2, 0.25) is 0 Å². The number of hydrogen-bond acceptors (Lipinski definition) is 2. The van der Waals surface area contributed by atoms with Crippen molar-refractivity contribution in [3.63, 3.8) is 0 Å². The van der Waals surface area contributed by atoms with Crippen LogP contribution < -0.4 is 10.1 Å². The Morgan fingerprint density at radius 2 is 2.06 bits per heavy atom. The normalized spacial score (nSPS) is 13.5. The minimum Gasteiger partial charge on any atom is -0.488 e. The zero-order chi connectivity index (χ0) is 13.1. The zero-order valence-corrected chi connectivity index (χ0v) is 12.9. The van der Waals surface area contributed by atoms with E-state index in [1.165, 1.54) is 5.56 Å². The van der Waals surface area contributed by atoms with E-state index in [2.05, 4.69) is 55.0 Å². The van der Waals surface area contributed by atoms with Gasteiger partial charge in [0.25, 0.3) is 0 Å². The molecule has 1 rings (SSSR count). The van der Waals surface area contributed by atoms with Gasteiger partial charge in [-0.3, -0.25) is 0 Å². The summed E-state index contributed by atoms with van der Waals surface area (Å²) in [5.41, 5.74) is 1.05. The first-order valence-electron chi connectivity index (χ1n) is 6.05. The third-order valence-electron chi connectivity index (χ3n) is 3.11. The van der Waals surface area contributed by atoms with E-state index in [1.807, 2.05) is 19.2 Å². The number of ether oxygens (including phenoxy) is 1. The van der Waals surface area contributed by atoms with Gasteiger partial charge >= 0.3 is 0 Å². The van der Waals surface area contributed by atoms with Crippen LogP contribution in [0.2, 0.25) is 0 Å². The van der Waals surface area contributed by atoms with Gasteiger partial charge < -0.3 is 10.1 Å². The molecule has 0 amide bonds. The van der Waals surface area contributed by atoms with E-state index < -0.39 is 0 Å². The minimum absolute atomic E-state index is 0.129. The first-order chi connectivity index (χ1) is 7.89. The molecule has 2 nitrogen and oxygen atoms in total. The molecule has 0 saturated heterocycles. The number of benzene rings is 1. The van der Waals surface area contributed by atoms with Crippen molar-refractivity contribution in [3.05, 3.63) is 28.2 Å². The van der Waals surface area contributed by atoms with Crippen molar-refractivity contribution in [2.45, 2.75) is 45.8 Å². The van der Waals surface area contributed by atoms with Crippen LogP contribution in [-0.4, -0.2) is 12.6 Å². The van der Waals surface area contributed by atoms with Gasteiger partial charge in [0.1, 0.15) is 11.4 Å². The largest absolute Gasteiger partial charge is 0.488 e. The molecule has 1 aromatic rings. The highest BCUT2D eigenvalue weighted by molar-refractivity contribution is 9.10. The van der Waals surface area contributed by atoms with Gasteiger partial charge in [-0.2, -0.15) is 0 Å². The van der Waals surface area contributed by atoms with E-state index in [-0.39, 0.29) is 11.6 Å². The highest BCUT2D eigenvalue weighted by Crippen LogP contribution is 2.31. The second kappa shape index (κ2) is 5.87. The molecule has 0 saturated carbocycles. The second-order valence-corrected chi connectivity index (χ2v) is 5.82. The van der Waals surface area contributed by atoms with Crippen LogP contribution in [0.3, 0.4) is 0 Å². The maximum atomic E-state index is 6.10. The molecule has 0 aliphatic rings. The molecular weight excluding hydrogens is 278 g/mol. The van der Waals surface area contributed by atoms with Crippen LogP contribution in [0.1, 0.15) is 45.7 Å². The van der Waals surface area contributed by atoms with Crippen molar-refractivity contribution in [1.82, 2.24) is 5.32 Å². The molecule has 1 aromatic carbocycles. The Balaban J connectivity index is 3.06. The lowest BCUT2D eigenvalue weighted by atomic mass is 10.0. The fourth-order valence-electron chi connectivity index (χ4n) is 1.48. The highest BCUT2D eigenvalue weighted by Gasteiger charge is 2.20. The fraction of sp³-hybridized carbons (Fsp3) is 0.571. The molecular formula is C14H22BrNO. The summed E-state index contributed by atoms with van der Waals surface area (Å²) in [6.45, 7) is 8.50. The number of hydrogen-bond donors (Lipinski definition) is 1. The van der Waals surface area contributed by atoms with Gasteiger partial charge in [-0.25, -0.2) is 0 Å². The van der Waals surface area contributed by atoms with Crippen molar-refractivity contribution in [2.24, 2.45) is 0 Å². The molecule has 0 spiro atoms. The van der Waals surface area contributed by atoms with Crippen molar-refractivity contribution >= 4 is 15.9 Å². The smallest absolute Gasteiger partial charge is 0.124 e. The summed E-state index contributed by atoms with van der Waals surface area (Å²) < 4.78 is 7.18. The topological polar surface area (TPSA) is 21.3 Å². The van der Waals surface area contributed by atoms with Gasteiger partial charge in [-0.1, -0.05) is 22.9 Å². The summed E-state index contributed by atoms with van der Waals surface area (Å²) in [4.78, 5) is 0. The SMILES string of the molecule is CCC(C)(C)Oc1ccc(Br)cc1C(C)NC. The van der Waals surface area contributed by atoms with Crippen LogP contribution in [0.5, 0.6) is 5.75 Å².